The molecule has 3 heteroatoms. The van der Waals surface area contributed by atoms with E-state index in [1.165, 1.54) is 10.4 Å². The zero-order valence-corrected chi connectivity index (χ0v) is 11.9. The molecule has 0 aliphatic rings. The lowest BCUT2D eigenvalue weighted by Crippen LogP contribution is -2.11. The number of thiophene rings is 1. The zero-order valence-electron chi connectivity index (χ0n) is 11.1. The van der Waals surface area contributed by atoms with Crippen LogP contribution in [0.2, 0.25) is 0 Å². The van der Waals surface area contributed by atoms with Gasteiger partial charge in [-0.1, -0.05) is 12.1 Å². The zero-order chi connectivity index (χ0) is 13.4. The summed E-state index contributed by atoms with van der Waals surface area (Å²) in [5, 5.41) is 3.24. The van der Waals surface area contributed by atoms with Gasteiger partial charge in [0.05, 0.1) is 11.6 Å². The van der Waals surface area contributed by atoms with E-state index in [0.717, 1.165) is 22.2 Å². The van der Waals surface area contributed by atoms with Crippen molar-refractivity contribution in [3.63, 3.8) is 0 Å². The number of benzene rings is 1. The second-order valence-corrected chi connectivity index (χ2v) is 5.80. The second-order valence-electron chi connectivity index (χ2n) is 4.85. The van der Waals surface area contributed by atoms with Gasteiger partial charge in [0.25, 0.3) is 0 Å². The Morgan fingerprint density at radius 1 is 1.11 bits per heavy atom. The average molecular weight is 268 g/mol. The lowest BCUT2D eigenvalue weighted by Gasteiger charge is -2.12. The fourth-order valence-electron chi connectivity index (χ4n) is 2.29. The molecule has 0 bridgehead atoms. The van der Waals surface area contributed by atoms with E-state index in [-0.39, 0.29) is 6.04 Å². The normalized spacial score (nSPS) is 12.8. The van der Waals surface area contributed by atoms with Gasteiger partial charge in [-0.3, -0.25) is 4.98 Å². The van der Waals surface area contributed by atoms with Gasteiger partial charge in [-0.2, -0.15) is 0 Å². The number of hydrogen-bond donors (Lipinski definition) is 1. The van der Waals surface area contributed by atoms with E-state index < -0.39 is 0 Å². The van der Waals surface area contributed by atoms with E-state index >= 15 is 0 Å². The molecule has 2 nitrogen and oxygen atoms in total. The van der Waals surface area contributed by atoms with Crippen LogP contribution in [0.1, 0.15) is 27.7 Å². The molecule has 0 amide bonds. The lowest BCUT2D eigenvalue weighted by molar-refractivity contribution is 0.887. The molecule has 2 aromatic heterocycles. The molecule has 3 aromatic rings. The first-order valence-electron chi connectivity index (χ1n) is 6.32. The van der Waals surface area contributed by atoms with Gasteiger partial charge in [-0.25, -0.2) is 0 Å². The minimum absolute atomic E-state index is 0.0503. The maximum absolute atomic E-state index is 6.37. The van der Waals surface area contributed by atoms with Crippen molar-refractivity contribution in [3.8, 4) is 0 Å². The summed E-state index contributed by atoms with van der Waals surface area (Å²) in [5.74, 6) is 0. The predicted molar refractivity (Wildman–Crippen MR) is 81.6 cm³/mol. The summed E-state index contributed by atoms with van der Waals surface area (Å²) >= 11 is 1.72. The molecule has 3 rings (SSSR count). The van der Waals surface area contributed by atoms with Crippen LogP contribution in [0.25, 0.3) is 10.9 Å². The van der Waals surface area contributed by atoms with Gasteiger partial charge >= 0.3 is 0 Å². The minimum Gasteiger partial charge on any atom is -0.320 e. The van der Waals surface area contributed by atoms with Gasteiger partial charge in [0.2, 0.25) is 0 Å². The summed E-state index contributed by atoms with van der Waals surface area (Å²) in [4.78, 5) is 5.75. The Hall–Kier alpha value is -1.71. The number of nitrogens with zero attached hydrogens (tertiary/aromatic N) is 1. The molecular formula is C16H16N2S. The van der Waals surface area contributed by atoms with Crippen LogP contribution in [-0.2, 0) is 0 Å². The topological polar surface area (TPSA) is 38.9 Å². The number of rotatable bonds is 2. The monoisotopic (exact) mass is 268 g/mol. The van der Waals surface area contributed by atoms with Gasteiger partial charge in [-0.05, 0) is 54.6 Å². The first kappa shape index (κ1) is 12.3. The van der Waals surface area contributed by atoms with Gasteiger partial charge in [0, 0.05) is 16.0 Å². The highest BCUT2D eigenvalue weighted by molar-refractivity contribution is 7.10. The molecule has 2 heterocycles. The van der Waals surface area contributed by atoms with Crippen molar-refractivity contribution in [2.24, 2.45) is 5.73 Å². The molecule has 1 aromatic carbocycles. The minimum atomic E-state index is -0.0503. The first-order valence-corrected chi connectivity index (χ1v) is 7.20. The van der Waals surface area contributed by atoms with Gasteiger partial charge in [-0.15, -0.1) is 11.3 Å². The maximum atomic E-state index is 6.37. The standard InChI is InChI=1S/C16H16N2S/c1-10-7-8-19-16(10)15(17)13-5-6-14-12(9-13)4-3-11(2)18-14/h3-9,15H,17H2,1-2H3. The van der Waals surface area contributed by atoms with Crippen molar-refractivity contribution in [3.05, 3.63) is 63.5 Å². The van der Waals surface area contributed by atoms with Crippen LogP contribution >= 0.6 is 11.3 Å². The molecule has 0 aliphatic carbocycles. The highest BCUT2D eigenvalue weighted by atomic mass is 32.1. The summed E-state index contributed by atoms with van der Waals surface area (Å²) in [7, 11) is 0. The number of pyridine rings is 1. The van der Waals surface area contributed by atoms with Crippen LogP contribution in [-0.4, -0.2) is 4.98 Å². The molecule has 0 fully saturated rings. The molecule has 0 aliphatic heterocycles. The second kappa shape index (κ2) is 4.76. The Morgan fingerprint density at radius 3 is 2.68 bits per heavy atom. The first-order chi connectivity index (χ1) is 9.15. The van der Waals surface area contributed by atoms with Crippen LogP contribution in [0, 0.1) is 13.8 Å². The molecule has 0 saturated carbocycles. The highest BCUT2D eigenvalue weighted by Crippen LogP contribution is 2.29. The summed E-state index contributed by atoms with van der Waals surface area (Å²) in [5.41, 5.74) is 10.8. The molecule has 0 radical (unpaired) electrons. The van der Waals surface area contributed by atoms with Crippen LogP contribution in [0.4, 0.5) is 0 Å². The van der Waals surface area contributed by atoms with Crippen molar-refractivity contribution >= 4 is 22.2 Å². The Labute approximate surface area is 116 Å². The molecule has 1 atom stereocenters. The fourth-order valence-corrected chi connectivity index (χ4v) is 3.25. The third-order valence-electron chi connectivity index (χ3n) is 3.40. The molecule has 19 heavy (non-hydrogen) atoms. The smallest absolute Gasteiger partial charge is 0.0705 e. The number of nitrogens with two attached hydrogens (primary N) is 1. The van der Waals surface area contributed by atoms with E-state index in [9.17, 15) is 0 Å². The number of aryl methyl sites for hydroxylation is 2. The van der Waals surface area contributed by atoms with Gasteiger partial charge in [0.1, 0.15) is 0 Å². The van der Waals surface area contributed by atoms with E-state index in [4.69, 9.17) is 5.73 Å². The van der Waals surface area contributed by atoms with E-state index in [0.29, 0.717) is 0 Å². The Bertz CT molecular complexity index is 730. The average Bonchev–Trinajstić information content (AvgIpc) is 2.83. The van der Waals surface area contributed by atoms with E-state index in [1.54, 1.807) is 11.3 Å². The van der Waals surface area contributed by atoms with E-state index in [2.05, 4.69) is 47.6 Å². The largest absolute Gasteiger partial charge is 0.320 e. The van der Waals surface area contributed by atoms with E-state index in [1.807, 2.05) is 13.0 Å². The van der Waals surface area contributed by atoms with Crippen molar-refractivity contribution < 1.29 is 0 Å². The Balaban J connectivity index is 2.06. The van der Waals surface area contributed by atoms with Crippen molar-refractivity contribution in [1.29, 1.82) is 0 Å². The SMILES string of the molecule is Cc1ccc2cc(C(N)c3sccc3C)ccc2n1. The molecule has 1 unspecified atom stereocenters. The lowest BCUT2D eigenvalue weighted by atomic mass is 10.0. The van der Waals surface area contributed by atoms with Gasteiger partial charge in [0.15, 0.2) is 0 Å². The number of aromatic nitrogens is 1. The van der Waals surface area contributed by atoms with Gasteiger partial charge < -0.3 is 5.73 Å². The van der Waals surface area contributed by atoms with Crippen LogP contribution < -0.4 is 5.73 Å². The van der Waals surface area contributed by atoms with Crippen LogP contribution in [0.3, 0.4) is 0 Å². The molecule has 96 valence electrons. The summed E-state index contributed by atoms with van der Waals surface area (Å²) in [6, 6.07) is 12.5. The third-order valence-corrected chi connectivity index (χ3v) is 4.50. The summed E-state index contributed by atoms with van der Waals surface area (Å²) in [6.07, 6.45) is 0. The van der Waals surface area contributed by atoms with Crippen molar-refractivity contribution in [2.75, 3.05) is 0 Å². The van der Waals surface area contributed by atoms with Crippen LogP contribution in [0.15, 0.2) is 41.8 Å². The molecule has 0 spiro atoms. The number of fused-ring (bicyclic) bond motifs is 1. The highest BCUT2D eigenvalue weighted by Gasteiger charge is 2.13. The summed E-state index contributed by atoms with van der Waals surface area (Å²) in [6.45, 7) is 4.12. The number of hydrogen-bond acceptors (Lipinski definition) is 3. The molecular weight excluding hydrogens is 252 g/mol. The predicted octanol–water partition coefficient (Wildman–Crippen LogP) is 3.96. The van der Waals surface area contributed by atoms with Crippen molar-refractivity contribution in [1.82, 2.24) is 4.98 Å². The maximum Gasteiger partial charge on any atom is 0.0705 e. The van der Waals surface area contributed by atoms with Crippen LogP contribution in [0.5, 0.6) is 0 Å². The fraction of sp³-hybridized carbons (Fsp3) is 0.188. The molecule has 0 saturated heterocycles. The molecule has 2 N–H and O–H groups in total. The Kier molecular flexibility index (Phi) is 3.09. The summed E-state index contributed by atoms with van der Waals surface area (Å²) < 4.78 is 0. The Morgan fingerprint density at radius 2 is 1.95 bits per heavy atom. The van der Waals surface area contributed by atoms with Crippen molar-refractivity contribution in [2.45, 2.75) is 19.9 Å². The quantitative estimate of drug-likeness (QED) is 0.764. The third kappa shape index (κ3) is 2.27.